The summed E-state index contributed by atoms with van der Waals surface area (Å²) in [5.74, 6) is 1.30. The minimum absolute atomic E-state index is 0.0101. The fourth-order valence-electron chi connectivity index (χ4n) is 1.15. The van der Waals surface area contributed by atoms with Crippen LogP contribution >= 0.6 is 0 Å². The molecule has 0 saturated heterocycles. The third-order valence-corrected chi connectivity index (χ3v) is 2.08. The summed E-state index contributed by atoms with van der Waals surface area (Å²) in [6.07, 6.45) is 1.50. The zero-order valence-corrected chi connectivity index (χ0v) is 10.0. The van der Waals surface area contributed by atoms with Crippen LogP contribution in [0.15, 0.2) is 6.33 Å². The molecule has 0 aliphatic carbocycles. The van der Waals surface area contributed by atoms with E-state index in [1.54, 1.807) is 4.68 Å². The molecule has 1 aromatic heterocycles. The maximum Gasteiger partial charge on any atom is 0.233 e. The van der Waals surface area contributed by atoms with Gasteiger partial charge in [-0.2, -0.15) is 5.10 Å². The predicted molar refractivity (Wildman–Crippen MR) is 60.6 cm³/mol. The summed E-state index contributed by atoms with van der Waals surface area (Å²) in [4.78, 5) is 15.4. The van der Waals surface area contributed by atoms with Gasteiger partial charge < -0.3 is 10.6 Å². The van der Waals surface area contributed by atoms with Gasteiger partial charge in [0.15, 0.2) is 0 Å². The summed E-state index contributed by atoms with van der Waals surface area (Å²) in [6, 6.07) is 0. The summed E-state index contributed by atoms with van der Waals surface area (Å²) < 4.78 is 1.68. The molecule has 0 bridgehead atoms. The van der Waals surface area contributed by atoms with Crippen LogP contribution in [0.4, 0.5) is 0 Å². The van der Waals surface area contributed by atoms with Crippen LogP contribution in [0.3, 0.4) is 0 Å². The topological polar surface area (TPSA) is 71.8 Å². The normalized spacial score (nSPS) is 10.8. The summed E-state index contributed by atoms with van der Waals surface area (Å²) >= 11 is 0. The van der Waals surface area contributed by atoms with Gasteiger partial charge in [0, 0.05) is 13.6 Å². The molecular weight excluding hydrogens is 206 g/mol. The lowest BCUT2D eigenvalue weighted by atomic mass is 10.2. The van der Waals surface area contributed by atoms with Crippen LogP contribution in [-0.4, -0.2) is 33.8 Å². The first-order valence-electron chi connectivity index (χ1n) is 5.40. The summed E-state index contributed by atoms with van der Waals surface area (Å²) in [5.41, 5.74) is 0. The second kappa shape index (κ2) is 6.22. The molecule has 0 aliphatic heterocycles. The van der Waals surface area contributed by atoms with Gasteiger partial charge in [-0.25, -0.2) is 4.98 Å². The highest BCUT2D eigenvalue weighted by molar-refractivity contribution is 5.77. The Kier molecular flexibility index (Phi) is 4.91. The number of aromatic nitrogens is 3. The maximum atomic E-state index is 11.3. The van der Waals surface area contributed by atoms with Crippen molar-refractivity contribution in [3.8, 4) is 0 Å². The molecule has 1 aromatic rings. The van der Waals surface area contributed by atoms with Crippen LogP contribution < -0.4 is 10.6 Å². The highest BCUT2D eigenvalue weighted by Crippen LogP contribution is 1.89. The van der Waals surface area contributed by atoms with E-state index in [-0.39, 0.29) is 5.91 Å². The van der Waals surface area contributed by atoms with Crippen molar-refractivity contribution in [2.24, 2.45) is 13.0 Å². The first kappa shape index (κ1) is 12.6. The molecule has 0 spiro atoms. The van der Waals surface area contributed by atoms with Crippen molar-refractivity contribution in [1.29, 1.82) is 0 Å². The largest absolute Gasteiger partial charge is 0.355 e. The number of amides is 1. The average Bonchev–Trinajstić information content (AvgIpc) is 2.61. The number of hydrogen-bond donors (Lipinski definition) is 2. The molecule has 0 unspecified atom stereocenters. The van der Waals surface area contributed by atoms with E-state index in [4.69, 9.17) is 0 Å². The van der Waals surface area contributed by atoms with Gasteiger partial charge in [0.05, 0.1) is 13.1 Å². The molecule has 0 saturated carbocycles. The minimum Gasteiger partial charge on any atom is -0.355 e. The highest BCUT2D eigenvalue weighted by atomic mass is 16.1. The number of nitrogens with one attached hydrogen (secondary N) is 2. The lowest BCUT2D eigenvalue weighted by molar-refractivity contribution is -0.120. The Bertz CT molecular complexity index is 334. The Balaban J connectivity index is 2.16. The van der Waals surface area contributed by atoms with Crippen LogP contribution in [0.2, 0.25) is 0 Å². The van der Waals surface area contributed by atoms with Crippen LogP contribution in [-0.2, 0) is 18.4 Å². The summed E-state index contributed by atoms with van der Waals surface area (Å²) in [5, 5.41) is 9.79. The molecule has 1 amide bonds. The van der Waals surface area contributed by atoms with Crippen molar-refractivity contribution in [2.45, 2.75) is 20.4 Å². The Hall–Kier alpha value is -1.43. The number of rotatable bonds is 6. The smallest absolute Gasteiger partial charge is 0.233 e. The van der Waals surface area contributed by atoms with E-state index in [1.807, 2.05) is 7.05 Å². The van der Waals surface area contributed by atoms with E-state index >= 15 is 0 Å². The van der Waals surface area contributed by atoms with Crippen molar-refractivity contribution < 1.29 is 4.79 Å². The van der Waals surface area contributed by atoms with Gasteiger partial charge in [-0.3, -0.25) is 9.48 Å². The number of carbonyl (C=O) groups is 1. The fourth-order valence-corrected chi connectivity index (χ4v) is 1.15. The molecule has 1 rings (SSSR count). The van der Waals surface area contributed by atoms with Crippen molar-refractivity contribution in [1.82, 2.24) is 25.4 Å². The van der Waals surface area contributed by atoms with Crippen molar-refractivity contribution in [2.75, 3.05) is 13.1 Å². The second-order valence-electron chi connectivity index (χ2n) is 4.10. The van der Waals surface area contributed by atoms with Crippen molar-refractivity contribution in [3.63, 3.8) is 0 Å². The van der Waals surface area contributed by atoms with E-state index < -0.39 is 0 Å². The van der Waals surface area contributed by atoms with Crippen LogP contribution in [0.25, 0.3) is 0 Å². The molecule has 6 nitrogen and oxygen atoms in total. The zero-order chi connectivity index (χ0) is 12.0. The third-order valence-electron chi connectivity index (χ3n) is 2.08. The molecule has 1 heterocycles. The molecule has 0 fully saturated rings. The quantitative estimate of drug-likeness (QED) is 0.696. The Labute approximate surface area is 95.4 Å². The molecule has 0 aromatic carbocycles. The second-order valence-corrected chi connectivity index (χ2v) is 4.10. The van der Waals surface area contributed by atoms with Gasteiger partial charge in [0.1, 0.15) is 12.2 Å². The lowest BCUT2D eigenvalue weighted by Crippen LogP contribution is -2.35. The third kappa shape index (κ3) is 4.39. The van der Waals surface area contributed by atoms with Gasteiger partial charge >= 0.3 is 0 Å². The number of aryl methyl sites for hydroxylation is 1. The van der Waals surface area contributed by atoms with E-state index in [9.17, 15) is 4.79 Å². The highest BCUT2D eigenvalue weighted by Gasteiger charge is 2.03. The summed E-state index contributed by atoms with van der Waals surface area (Å²) in [7, 11) is 1.82. The lowest BCUT2D eigenvalue weighted by Gasteiger charge is -2.08. The zero-order valence-electron chi connectivity index (χ0n) is 10.0. The molecule has 0 atom stereocenters. The van der Waals surface area contributed by atoms with Crippen molar-refractivity contribution >= 4 is 5.91 Å². The van der Waals surface area contributed by atoms with E-state index in [1.165, 1.54) is 6.33 Å². The number of hydrogen-bond acceptors (Lipinski definition) is 4. The molecule has 2 N–H and O–H groups in total. The molecule has 90 valence electrons. The monoisotopic (exact) mass is 225 g/mol. The Morgan fingerprint density at radius 1 is 1.56 bits per heavy atom. The van der Waals surface area contributed by atoms with Gasteiger partial charge in [-0.1, -0.05) is 13.8 Å². The standard InChI is InChI=1S/C10H19N5O/c1-8(2)4-12-10(16)6-11-5-9-13-7-14-15(9)3/h7-8,11H,4-6H2,1-3H3,(H,12,16). The molecule has 0 aliphatic rings. The van der Waals surface area contributed by atoms with Crippen LogP contribution in [0.5, 0.6) is 0 Å². The van der Waals surface area contributed by atoms with Crippen LogP contribution in [0.1, 0.15) is 19.7 Å². The van der Waals surface area contributed by atoms with E-state index in [0.717, 1.165) is 5.82 Å². The maximum absolute atomic E-state index is 11.3. The van der Waals surface area contributed by atoms with Gasteiger partial charge in [-0.05, 0) is 5.92 Å². The minimum atomic E-state index is 0.0101. The predicted octanol–water partition coefficient (Wildman–Crippen LogP) is -0.323. The van der Waals surface area contributed by atoms with Crippen LogP contribution in [0, 0.1) is 5.92 Å². The van der Waals surface area contributed by atoms with Gasteiger partial charge in [0.25, 0.3) is 0 Å². The molecule has 6 heteroatoms. The number of carbonyl (C=O) groups excluding carboxylic acids is 1. The first-order valence-corrected chi connectivity index (χ1v) is 5.40. The van der Waals surface area contributed by atoms with E-state index in [0.29, 0.717) is 25.6 Å². The molecular formula is C10H19N5O. The van der Waals surface area contributed by atoms with Crippen molar-refractivity contribution in [3.05, 3.63) is 12.2 Å². The average molecular weight is 225 g/mol. The SMILES string of the molecule is CC(C)CNC(=O)CNCc1ncnn1C. The summed E-state index contributed by atoms with van der Waals surface area (Å²) in [6.45, 7) is 5.69. The Morgan fingerprint density at radius 3 is 2.88 bits per heavy atom. The van der Waals surface area contributed by atoms with E-state index in [2.05, 4.69) is 34.6 Å². The fraction of sp³-hybridized carbons (Fsp3) is 0.700. The van der Waals surface area contributed by atoms with Gasteiger partial charge in [0.2, 0.25) is 5.91 Å². The van der Waals surface area contributed by atoms with Gasteiger partial charge in [-0.15, -0.1) is 0 Å². The Morgan fingerprint density at radius 2 is 2.31 bits per heavy atom. The first-order chi connectivity index (χ1) is 7.59. The number of nitrogens with zero attached hydrogens (tertiary/aromatic N) is 3. The molecule has 0 radical (unpaired) electrons. The molecule has 16 heavy (non-hydrogen) atoms.